The number of cyclic esters (lactones) is 1. The number of carbonyl (C=O) groups is 2. The number of likely N-dealkylation sites (tertiary alicyclic amines) is 1. The van der Waals surface area contributed by atoms with Crippen LogP contribution in [0, 0.1) is 29.6 Å². The molecule has 0 amide bonds. The van der Waals surface area contributed by atoms with E-state index in [9.17, 15) is 9.59 Å². The first-order valence-electron chi connectivity index (χ1n) is 18.7. The third kappa shape index (κ3) is 9.01. The Balaban J connectivity index is 0.000000215. The van der Waals surface area contributed by atoms with Gasteiger partial charge in [0.1, 0.15) is 5.60 Å². The third-order valence-corrected chi connectivity index (χ3v) is 11.3. The maximum absolute atomic E-state index is 12.2. The number of piperidine rings is 2. The average molecular weight is 702 g/mol. The fourth-order valence-electron chi connectivity index (χ4n) is 8.23. The van der Waals surface area contributed by atoms with Gasteiger partial charge >= 0.3 is 11.9 Å². The molecule has 5 aliphatic heterocycles. The molecule has 0 N–H and O–H groups in total. The lowest BCUT2D eigenvalue weighted by Crippen LogP contribution is -2.56. The first-order valence-corrected chi connectivity index (χ1v) is 19.6. The highest BCUT2D eigenvalue weighted by Crippen LogP contribution is 2.47. The summed E-state index contributed by atoms with van der Waals surface area (Å²) in [6, 6.07) is 2.87. The molecule has 0 saturated carbocycles. The molecule has 0 spiro atoms. The highest BCUT2D eigenvalue weighted by molar-refractivity contribution is 7.08. The lowest BCUT2D eigenvalue weighted by atomic mass is 9.76. The average Bonchev–Trinajstić information content (AvgIpc) is 3.80. The quantitative estimate of drug-likeness (QED) is 0.242. The van der Waals surface area contributed by atoms with Crippen LogP contribution in [0.1, 0.15) is 98.5 Å². The molecule has 5 aliphatic rings. The summed E-state index contributed by atoms with van der Waals surface area (Å²) in [5, 5.41) is 4.06. The van der Waals surface area contributed by atoms with Gasteiger partial charge in [-0.05, 0) is 98.6 Å². The summed E-state index contributed by atoms with van der Waals surface area (Å²) in [6.07, 6.45) is 14.3. The van der Waals surface area contributed by atoms with Crippen molar-refractivity contribution in [2.45, 2.75) is 122 Å². The van der Waals surface area contributed by atoms with Crippen molar-refractivity contribution in [1.29, 1.82) is 0 Å². The van der Waals surface area contributed by atoms with Crippen molar-refractivity contribution in [3.8, 4) is 23.7 Å². The van der Waals surface area contributed by atoms with Crippen LogP contribution in [-0.4, -0.2) is 96.7 Å². The molecule has 3 saturated heterocycles. The van der Waals surface area contributed by atoms with E-state index >= 15 is 0 Å². The molecule has 6 heterocycles. The second-order valence-corrected chi connectivity index (χ2v) is 15.2. The van der Waals surface area contributed by atoms with E-state index in [4.69, 9.17) is 9.47 Å². The Kier molecular flexibility index (Phi) is 14.2. The molecular formula is C42H59N3O4S. The zero-order chi connectivity index (χ0) is 36.5. The number of rotatable bonds is 4. The molecule has 272 valence electrons. The Morgan fingerprint density at radius 3 is 2.44 bits per heavy atom. The van der Waals surface area contributed by atoms with Gasteiger partial charge in [0, 0.05) is 45.7 Å². The van der Waals surface area contributed by atoms with Gasteiger partial charge in [-0.3, -0.25) is 19.5 Å². The summed E-state index contributed by atoms with van der Waals surface area (Å²) in [6.45, 7) is 15.4. The lowest BCUT2D eigenvalue weighted by Gasteiger charge is -2.46. The van der Waals surface area contributed by atoms with Crippen LogP contribution in [0.15, 0.2) is 51.8 Å². The van der Waals surface area contributed by atoms with Gasteiger partial charge in [-0.2, -0.15) is 11.3 Å². The monoisotopic (exact) mass is 701 g/mol. The van der Waals surface area contributed by atoms with Gasteiger partial charge in [-0.15, -0.1) is 0 Å². The van der Waals surface area contributed by atoms with Crippen molar-refractivity contribution >= 4 is 23.3 Å². The molecule has 0 aromatic carbocycles. The van der Waals surface area contributed by atoms with E-state index in [2.05, 4.69) is 78.4 Å². The van der Waals surface area contributed by atoms with E-state index in [0.717, 1.165) is 61.2 Å². The number of esters is 2. The van der Waals surface area contributed by atoms with Crippen LogP contribution in [0.5, 0.6) is 0 Å². The van der Waals surface area contributed by atoms with Crippen molar-refractivity contribution in [3.05, 3.63) is 57.3 Å². The van der Waals surface area contributed by atoms with Gasteiger partial charge in [0.25, 0.3) is 0 Å². The van der Waals surface area contributed by atoms with E-state index in [1.165, 1.54) is 25.7 Å². The fourth-order valence-corrected chi connectivity index (χ4v) is 8.82. The maximum Gasteiger partial charge on any atom is 0.332 e. The summed E-state index contributed by atoms with van der Waals surface area (Å²) in [5.74, 6) is 12.9. The molecule has 8 heteroatoms. The van der Waals surface area contributed by atoms with Crippen LogP contribution in [-0.2, 0) is 19.1 Å². The standard InChI is InChI=1S/C21H25NO2S.C19H28N2O2.C2H6/c1-4-7-17(10-9-16-11-13-25-15-16)18-14-20(23)24-21(18,2)19-8-5-6-12-22(19)3;1-14-12-15(8-7-10-20(3)4)16-13-18(22)23-19(16,2)17-9-5-6-11-21(14)17;1-2/h7,11,13-15,19H,4-6,8,12H2,1-3H3;12,14,16-17H,5-6,9-11,13H2,1-4H3;1-2H3/b17-7-;;/t19?,21-;14-,16?,17?,19-;/m00./s1. The predicted molar refractivity (Wildman–Crippen MR) is 205 cm³/mol. The molecule has 1 aromatic heterocycles. The SMILES string of the molecule is CC.CC/C=C(/C#Cc1ccsc1)C1=CC(=O)O[C@]1(C)C1CCCCN1C.C[C@H]1C=C(C#CCN(C)C)C2CC(=O)O[C@]2(C)C2CCCCN21. The van der Waals surface area contributed by atoms with Gasteiger partial charge in [-0.1, -0.05) is 69.4 Å². The van der Waals surface area contributed by atoms with E-state index in [1.807, 2.05) is 51.7 Å². The summed E-state index contributed by atoms with van der Waals surface area (Å²) in [4.78, 5) is 31.2. The minimum absolute atomic E-state index is 0.0714. The first-order chi connectivity index (χ1) is 24.0. The van der Waals surface area contributed by atoms with Crippen molar-refractivity contribution in [1.82, 2.24) is 14.7 Å². The Bertz CT molecular complexity index is 1550. The Labute approximate surface area is 306 Å². The summed E-state index contributed by atoms with van der Waals surface area (Å²) < 4.78 is 11.8. The largest absolute Gasteiger partial charge is 0.457 e. The molecule has 0 radical (unpaired) electrons. The zero-order valence-electron chi connectivity index (χ0n) is 31.9. The molecule has 7 nitrogen and oxygen atoms in total. The molecule has 3 unspecified atom stereocenters. The van der Waals surface area contributed by atoms with Crippen molar-refractivity contribution in [2.75, 3.05) is 40.8 Å². The minimum atomic E-state index is -0.628. The minimum Gasteiger partial charge on any atom is -0.457 e. The lowest BCUT2D eigenvalue weighted by molar-refractivity contribution is -0.155. The van der Waals surface area contributed by atoms with Gasteiger partial charge in [0.15, 0.2) is 5.60 Å². The van der Waals surface area contributed by atoms with Gasteiger partial charge < -0.3 is 9.47 Å². The van der Waals surface area contributed by atoms with Crippen molar-refractivity contribution < 1.29 is 19.1 Å². The Hall–Kier alpha value is -3.14. The number of likely N-dealkylation sites (N-methyl/N-ethyl adjacent to an activating group) is 1. The smallest absolute Gasteiger partial charge is 0.332 e. The molecule has 0 bridgehead atoms. The Morgan fingerprint density at radius 2 is 1.78 bits per heavy atom. The number of thiophene rings is 1. The number of nitrogens with zero attached hydrogens (tertiary/aromatic N) is 3. The molecule has 1 aromatic rings. The molecular weight excluding hydrogens is 643 g/mol. The van der Waals surface area contributed by atoms with Crippen LogP contribution < -0.4 is 0 Å². The number of hydrogen-bond donors (Lipinski definition) is 0. The number of carbonyl (C=O) groups excluding carboxylic acids is 2. The molecule has 6 atom stereocenters. The normalized spacial score (nSPS) is 31.0. The molecule has 50 heavy (non-hydrogen) atoms. The zero-order valence-corrected chi connectivity index (χ0v) is 32.8. The highest BCUT2D eigenvalue weighted by atomic mass is 32.1. The van der Waals surface area contributed by atoms with Crippen molar-refractivity contribution in [2.24, 2.45) is 5.92 Å². The van der Waals surface area contributed by atoms with Gasteiger partial charge in [0.2, 0.25) is 0 Å². The topological polar surface area (TPSA) is 62.3 Å². The van der Waals surface area contributed by atoms with E-state index in [-0.39, 0.29) is 23.9 Å². The number of fused-ring (bicyclic) bond motifs is 3. The third-order valence-electron chi connectivity index (χ3n) is 10.6. The van der Waals surface area contributed by atoms with Crippen LogP contribution in [0.2, 0.25) is 0 Å². The highest BCUT2D eigenvalue weighted by Gasteiger charge is 2.56. The molecule has 3 fully saturated rings. The second kappa shape index (κ2) is 17.9. The second-order valence-electron chi connectivity index (χ2n) is 14.4. The van der Waals surface area contributed by atoms with Crippen molar-refractivity contribution in [3.63, 3.8) is 0 Å². The molecule has 0 aliphatic carbocycles. The first kappa shape index (κ1) is 39.6. The van der Waals surface area contributed by atoms with E-state index in [0.29, 0.717) is 18.5 Å². The maximum atomic E-state index is 12.2. The summed E-state index contributed by atoms with van der Waals surface area (Å²) in [7, 11) is 6.16. The molecule has 6 rings (SSSR count). The van der Waals surface area contributed by atoms with E-state index < -0.39 is 11.2 Å². The predicted octanol–water partition coefficient (Wildman–Crippen LogP) is 7.24. The van der Waals surface area contributed by atoms with Crippen LogP contribution in [0.4, 0.5) is 0 Å². The van der Waals surface area contributed by atoms with Gasteiger partial charge in [-0.25, -0.2) is 4.79 Å². The van der Waals surface area contributed by atoms with Crippen LogP contribution in [0.3, 0.4) is 0 Å². The van der Waals surface area contributed by atoms with Crippen LogP contribution in [0.25, 0.3) is 0 Å². The fraction of sp³-hybridized carbons (Fsp3) is 0.619. The number of ether oxygens (including phenoxy) is 2. The summed E-state index contributed by atoms with van der Waals surface area (Å²) >= 11 is 1.64. The van der Waals surface area contributed by atoms with Gasteiger partial charge in [0.05, 0.1) is 25.0 Å². The number of allylic oxidation sites excluding steroid dienone is 1. The summed E-state index contributed by atoms with van der Waals surface area (Å²) in [5.41, 5.74) is 2.90. The van der Waals surface area contributed by atoms with Crippen LogP contribution >= 0.6 is 11.3 Å². The Morgan fingerprint density at radius 1 is 1.06 bits per heavy atom. The number of hydrogen-bond acceptors (Lipinski definition) is 8. The van der Waals surface area contributed by atoms with E-state index in [1.54, 1.807) is 17.4 Å².